The van der Waals surface area contributed by atoms with Crippen LogP contribution in [0.4, 0.5) is 5.69 Å². The Bertz CT molecular complexity index is 578. The van der Waals surface area contributed by atoms with Crippen LogP contribution in [0, 0.1) is 6.92 Å². The molecule has 1 aliphatic rings. The van der Waals surface area contributed by atoms with Crippen LogP contribution in [0.2, 0.25) is 0 Å². The topological polar surface area (TPSA) is 48.1 Å². The second-order valence-corrected chi connectivity index (χ2v) is 4.35. The molecule has 0 radical (unpaired) electrons. The molecule has 0 saturated carbocycles. The molecule has 0 unspecified atom stereocenters. The normalized spacial score (nSPS) is 13.7. The average molecular weight is 226 g/mol. The number of ether oxygens (including phenoxy) is 1. The van der Waals surface area contributed by atoms with Crippen molar-refractivity contribution >= 4 is 5.69 Å². The first-order chi connectivity index (χ1) is 8.24. The third-order valence-electron chi connectivity index (χ3n) is 3.14. The first-order valence-electron chi connectivity index (χ1n) is 5.67. The largest absolute Gasteiger partial charge is 0.397 e. The molecule has 17 heavy (non-hydrogen) atoms. The molecule has 3 rings (SSSR count). The number of aryl methyl sites for hydroxylation is 1. The minimum absolute atomic E-state index is 0.705. The van der Waals surface area contributed by atoms with Gasteiger partial charge in [-0.25, -0.2) is 0 Å². The lowest BCUT2D eigenvalue weighted by atomic mass is 10.0. The van der Waals surface area contributed by atoms with Crippen molar-refractivity contribution in [1.29, 1.82) is 0 Å². The van der Waals surface area contributed by atoms with Gasteiger partial charge in [0.05, 0.1) is 30.3 Å². The van der Waals surface area contributed by atoms with E-state index in [2.05, 4.69) is 23.2 Å². The van der Waals surface area contributed by atoms with Crippen LogP contribution in [0.25, 0.3) is 11.3 Å². The summed E-state index contributed by atoms with van der Waals surface area (Å²) in [6, 6.07) is 10.2. The lowest BCUT2D eigenvalue weighted by molar-refractivity contribution is 0.134. The summed E-state index contributed by atoms with van der Waals surface area (Å²) in [5.74, 6) is 0. The molecule has 1 aromatic heterocycles. The summed E-state index contributed by atoms with van der Waals surface area (Å²) in [7, 11) is 0. The van der Waals surface area contributed by atoms with E-state index in [0.717, 1.165) is 29.2 Å². The van der Waals surface area contributed by atoms with Gasteiger partial charge in [-0.05, 0) is 36.2 Å². The summed E-state index contributed by atoms with van der Waals surface area (Å²) in [5, 5.41) is 0. The van der Waals surface area contributed by atoms with E-state index in [1.54, 1.807) is 0 Å². The number of benzene rings is 1. The summed E-state index contributed by atoms with van der Waals surface area (Å²) in [5.41, 5.74) is 12.0. The quantitative estimate of drug-likeness (QED) is 0.813. The highest BCUT2D eigenvalue weighted by molar-refractivity contribution is 5.63. The average Bonchev–Trinajstić information content (AvgIpc) is 2.79. The standard InChI is InChI=1S/C14H14N2O/c1-9-13(15)4-5-14(16-9)10-2-3-11-7-17-8-12(11)6-10/h2-6H,7-8,15H2,1H3. The van der Waals surface area contributed by atoms with E-state index in [-0.39, 0.29) is 0 Å². The van der Waals surface area contributed by atoms with Gasteiger partial charge in [-0.1, -0.05) is 12.1 Å². The summed E-state index contributed by atoms with van der Waals surface area (Å²) >= 11 is 0. The highest BCUT2D eigenvalue weighted by Crippen LogP contribution is 2.26. The predicted molar refractivity (Wildman–Crippen MR) is 67.3 cm³/mol. The molecule has 0 atom stereocenters. The Morgan fingerprint density at radius 3 is 2.76 bits per heavy atom. The van der Waals surface area contributed by atoms with Crippen LogP contribution in [-0.4, -0.2) is 4.98 Å². The minimum atomic E-state index is 0.705. The highest BCUT2D eigenvalue weighted by atomic mass is 16.5. The van der Waals surface area contributed by atoms with E-state index in [9.17, 15) is 0 Å². The van der Waals surface area contributed by atoms with Crippen molar-refractivity contribution in [2.75, 3.05) is 5.73 Å². The van der Waals surface area contributed by atoms with Gasteiger partial charge in [-0.2, -0.15) is 0 Å². The van der Waals surface area contributed by atoms with Crippen molar-refractivity contribution in [3.63, 3.8) is 0 Å². The molecule has 0 fully saturated rings. The maximum Gasteiger partial charge on any atom is 0.0725 e. The number of nitrogens with two attached hydrogens (primary N) is 1. The Morgan fingerprint density at radius 1 is 1.12 bits per heavy atom. The van der Waals surface area contributed by atoms with Crippen LogP contribution >= 0.6 is 0 Å². The van der Waals surface area contributed by atoms with E-state index in [0.29, 0.717) is 6.61 Å². The Morgan fingerprint density at radius 2 is 1.94 bits per heavy atom. The maximum absolute atomic E-state index is 5.77. The van der Waals surface area contributed by atoms with Crippen LogP contribution in [0.5, 0.6) is 0 Å². The first kappa shape index (κ1) is 10.3. The highest BCUT2D eigenvalue weighted by Gasteiger charge is 2.12. The molecule has 0 aliphatic carbocycles. The number of anilines is 1. The lowest BCUT2D eigenvalue weighted by Crippen LogP contribution is -1.94. The van der Waals surface area contributed by atoms with Gasteiger partial charge in [-0.3, -0.25) is 4.98 Å². The second kappa shape index (κ2) is 3.86. The van der Waals surface area contributed by atoms with E-state index in [1.165, 1.54) is 11.1 Å². The van der Waals surface area contributed by atoms with E-state index in [1.807, 2.05) is 19.1 Å². The summed E-state index contributed by atoms with van der Waals surface area (Å²) in [6.45, 7) is 3.36. The number of rotatable bonds is 1. The molecular formula is C14H14N2O. The number of hydrogen-bond acceptors (Lipinski definition) is 3. The fourth-order valence-electron chi connectivity index (χ4n) is 2.06. The Hall–Kier alpha value is -1.87. The van der Waals surface area contributed by atoms with Crippen molar-refractivity contribution in [3.05, 3.63) is 47.2 Å². The fraction of sp³-hybridized carbons (Fsp3) is 0.214. The molecular weight excluding hydrogens is 212 g/mol. The molecule has 3 heteroatoms. The summed E-state index contributed by atoms with van der Waals surface area (Å²) < 4.78 is 5.41. The van der Waals surface area contributed by atoms with Gasteiger partial charge in [0.1, 0.15) is 0 Å². The van der Waals surface area contributed by atoms with E-state index >= 15 is 0 Å². The molecule has 3 nitrogen and oxygen atoms in total. The molecule has 2 N–H and O–H groups in total. The zero-order valence-corrected chi connectivity index (χ0v) is 9.73. The van der Waals surface area contributed by atoms with E-state index in [4.69, 9.17) is 10.5 Å². The molecule has 0 bridgehead atoms. The number of pyridine rings is 1. The smallest absolute Gasteiger partial charge is 0.0725 e. The van der Waals surface area contributed by atoms with Crippen molar-refractivity contribution in [1.82, 2.24) is 4.98 Å². The van der Waals surface area contributed by atoms with Crippen LogP contribution in [0.3, 0.4) is 0 Å². The summed E-state index contributed by atoms with van der Waals surface area (Å²) in [4.78, 5) is 4.50. The molecule has 0 spiro atoms. The van der Waals surface area contributed by atoms with Crippen LogP contribution in [0.15, 0.2) is 30.3 Å². The number of nitrogens with zero attached hydrogens (tertiary/aromatic N) is 1. The number of nitrogen functional groups attached to an aromatic ring is 1. The van der Waals surface area contributed by atoms with Crippen molar-refractivity contribution < 1.29 is 4.74 Å². The van der Waals surface area contributed by atoms with Crippen molar-refractivity contribution in [3.8, 4) is 11.3 Å². The Balaban J connectivity index is 2.06. The SMILES string of the molecule is Cc1nc(-c2ccc3c(c2)COC3)ccc1N. The van der Waals surface area contributed by atoms with Gasteiger partial charge < -0.3 is 10.5 Å². The minimum Gasteiger partial charge on any atom is -0.397 e. The fourth-order valence-corrected chi connectivity index (χ4v) is 2.06. The van der Waals surface area contributed by atoms with Gasteiger partial charge in [0, 0.05) is 5.56 Å². The van der Waals surface area contributed by atoms with Gasteiger partial charge >= 0.3 is 0 Å². The predicted octanol–water partition coefficient (Wildman–Crippen LogP) is 2.67. The first-order valence-corrected chi connectivity index (χ1v) is 5.67. The Labute approximate surface area is 100 Å². The monoisotopic (exact) mass is 226 g/mol. The van der Waals surface area contributed by atoms with Gasteiger partial charge in [0.2, 0.25) is 0 Å². The third-order valence-corrected chi connectivity index (χ3v) is 3.14. The zero-order valence-electron chi connectivity index (χ0n) is 9.73. The van der Waals surface area contributed by atoms with E-state index < -0.39 is 0 Å². The number of fused-ring (bicyclic) bond motifs is 1. The molecule has 1 aromatic carbocycles. The maximum atomic E-state index is 5.77. The van der Waals surface area contributed by atoms with Crippen LogP contribution in [0.1, 0.15) is 16.8 Å². The van der Waals surface area contributed by atoms with Crippen molar-refractivity contribution in [2.24, 2.45) is 0 Å². The Kier molecular flexibility index (Phi) is 2.34. The molecule has 0 amide bonds. The number of hydrogen-bond donors (Lipinski definition) is 1. The zero-order chi connectivity index (χ0) is 11.8. The van der Waals surface area contributed by atoms with Crippen LogP contribution in [-0.2, 0) is 18.0 Å². The van der Waals surface area contributed by atoms with Crippen LogP contribution < -0.4 is 5.73 Å². The second-order valence-electron chi connectivity index (χ2n) is 4.35. The van der Waals surface area contributed by atoms with Gasteiger partial charge in [-0.15, -0.1) is 0 Å². The number of aromatic nitrogens is 1. The van der Waals surface area contributed by atoms with Gasteiger partial charge in [0.25, 0.3) is 0 Å². The molecule has 2 aromatic rings. The third kappa shape index (κ3) is 1.78. The molecule has 2 heterocycles. The summed E-state index contributed by atoms with van der Waals surface area (Å²) in [6.07, 6.45) is 0. The lowest BCUT2D eigenvalue weighted by Gasteiger charge is -2.06. The molecule has 1 aliphatic heterocycles. The van der Waals surface area contributed by atoms with Gasteiger partial charge in [0.15, 0.2) is 0 Å². The van der Waals surface area contributed by atoms with Crippen molar-refractivity contribution in [2.45, 2.75) is 20.1 Å². The molecule has 0 saturated heterocycles. The molecule has 86 valence electrons.